The van der Waals surface area contributed by atoms with Crippen LogP contribution in [0.1, 0.15) is 12.8 Å². The van der Waals surface area contributed by atoms with Crippen LogP contribution < -0.4 is 9.80 Å². The monoisotopic (exact) mass is 516 g/mol. The van der Waals surface area contributed by atoms with Crippen LogP contribution in [0, 0.1) is 11.7 Å². The molecule has 2 saturated heterocycles. The molecule has 0 spiro atoms. The molecule has 1 aromatic heterocycles. The fourth-order valence-corrected chi connectivity index (χ4v) is 5.82. The van der Waals surface area contributed by atoms with Crippen LogP contribution in [-0.2, 0) is 14.3 Å². The lowest BCUT2D eigenvalue weighted by Crippen LogP contribution is -2.41. The Labute approximate surface area is 212 Å². The number of thiazole rings is 1. The molecular weight excluding hydrogens is 491 g/mol. The van der Waals surface area contributed by atoms with E-state index in [4.69, 9.17) is 21.3 Å². The van der Waals surface area contributed by atoms with Crippen molar-refractivity contribution in [3.63, 3.8) is 0 Å². The van der Waals surface area contributed by atoms with Crippen molar-refractivity contribution in [2.24, 2.45) is 5.92 Å². The van der Waals surface area contributed by atoms with Gasteiger partial charge in [-0.25, -0.2) is 9.37 Å². The van der Waals surface area contributed by atoms with E-state index in [1.807, 2.05) is 12.1 Å². The molecule has 35 heavy (non-hydrogen) atoms. The van der Waals surface area contributed by atoms with Gasteiger partial charge in [0.05, 0.1) is 29.3 Å². The molecule has 2 fully saturated rings. The molecule has 0 aliphatic carbocycles. The molecule has 7 nitrogen and oxygen atoms in total. The van der Waals surface area contributed by atoms with Crippen molar-refractivity contribution < 1.29 is 18.7 Å². The zero-order chi connectivity index (χ0) is 24.4. The van der Waals surface area contributed by atoms with Crippen LogP contribution in [0.3, 0.4) is 0 Å². The standard InChI is InChI=1S/C25H26ClFN4O3S/c26-18-2-7-21-22(15-18)35-25(28-21)30(9-1-8-29-10-12-34-13-11-29)24(33)17-14-23(32)31(16-17)20-5-3-19(27)4-6-20/h2-7,15,17H,1,8-14,16H2. The van der Waals surface area contributed by atoms with Crippen LogP contribution in [-0.4, -0.2) is 67.6 Å². The number of halogens is 2. The van der Waals surface area contributed by atoms with Crippen LogP contribution in [0.15, 0.2) is 42.5 Å². The van der Waals surface area contributed by atoms with E-state index in [2.05, 4.69) is 4.90 Å². The van der Waals surface area contributed by atoms with Gasteiger partial charge in [-0.05, 0) is 48.9 Å². The molecule has 5 rings (SSSR count). The molecule has 10 heteroatoms. The van der Waals surface area contributed by atoms with Crippen molar-refractivity contribution in [3.05, 3.63) is 53.3 Å². The molecule has 2 amide bonds. The summed E-state index contributed by atoms with van der Waals surface area (Å²) in [6.45, 7) is 4.85. The molecule has 1 atom stereocenters. The topological polar surface area (TPSA) is 66.0 Å². The Balaban J connectivity index is 1.35. The van der Waals surface area contributed by atoms with Gasteiger partial charge in [0, 0.05) is 49.9 Å². The Kier molecular flexibility index (Phi) is 7.29. The van der Waals surface area contributed by atoms with Crippen molar-refractivity contribution in [1.29, 1.82) is 0 Å². The summed E-state index contributed by atoms with van der Waals surface area (Å²) in [6, 6.07) is 11.3. The predicted molar refractivity (Wildman–Crippen MR) is 136 cm³/mol. The minimum atomic E-state index is -0.494. The van der Waals surface area contributed by atoms with Crippen molar-refractivity contribution in [2.75, 3.05) is 55.7 Å². The van der Waals surface area contributed by atoms with E-state index in [9.17, 15) is 14.0 Å². The Morgan fingerprint density at radius 1 is 1.20 bits per heavy atom. The highest BCUT2D eigenvalue weighted by Gasteiger charge is 2.38. The number of rotatable bonds is 7. The summed E-state index contributed by atoms with van der Waals surface area (Å²) in [4.78, 5) is 36.8. The van der Waals surface area contributed by atoms with Gasteiger partial charge in [0.2, 0.25) is 11.8 Å². The Hall–Kier alpha value is -2.59. The first kappa shape index (κ1) is 24.1. The number of hydrogen-bond donors (Lipinski definition) is 0. The highest BCUT2D eigenvalue weighted by Crippen LogP contribution is 2.33. The van der Waals surface area contributed by atoms with Crippen LogP contribution in [0.2, 0.25) is 5.02 Å². The van der Waals surface area contributed by atoms with Gasteiger partial charge in [-0.2, -0.15) is 0 Å². The van der Waals surface area contributed by atoms with Gasteiger partial charge >= 0.3 is 0 Å². The summed E-state index contributed by atoms with van der Waals surface area (Å²) in [6.07, 6.45) is 0.900. The number of carbonyl (C=O) groups excluding carboxylic acids is 2. The average molecular weight is 517 g/mol. The zero-order valence-corrected chi connectivity index (χ0v) is 20.7. The van der Waals surface area contributed by atoms with Crippen molar-refractivity contribution in [1.82, 2.24) is 9.88 Å². The number of hydrogen-bond acceptors (Lipinski definition) is 6. The van der Waals surface area contributed by atoms with Gasteiger partial charge < -0.3 is 9.64 Å². The number of anilines is 2. The van der Waals surface area contributed by atoms with Crippen LogP contribution in [0.4, 0.5) is 15.2 Å². The molecule has 0 saturated carbocycles. The van der Waals surface area contributed by atoms with E-state index in [0.29, 0.717) is 22.4 Å². The summed E-state index contributed by atoms with van der Waals surface area (Å²) in [7, 11) is 0. The number of amides is 2. The average Bonchev–Trinajstić information content (AvgIpc) is 3.45. The molecule has 0 radical (unpaired) electrons. The summed E-state index contributed by atoms with van der Waals surface area (Å²) < 4.78 is 19.7. The molecule has 184 valence electrons. The third-order valence-electron chi connectivity index (χ3n) is 6.41. The van der Waals surface area contributed by atoms with Crippen molar-refractivity contribution >= 4 is 55.8 Å². The molecule has 2 aliphatic heterocycles. The third-order valence-corrected chi connectivity index (χ3v) is 7.68. The van der Waals surface area contributed by atoms with Gasteiger partial charge in [-0.15, -0.1) is 0 Å². The highest BCUT2D eigenvalue weighted by atomic mass is 35.5. The first-order chi connectivity index (χ1) is 17.0. The Morgan fingerprint density at radius 2 is 1.97 bits per heavy atom. The van der Waals surface area contributed by atoms with E-state index in [0.717, 1.165) is 49.5 Å². The summed E-state index contributed by atoms with van der Waals surface area (Å²) in [5.74, 6) is -1.11. The molecule has 2 aliphatic rings. The van der Waals surface area contributed by atoms with Gasteiger partial charge in [0.1, 0.15) is 5.82 Å². The second-order valence-electron chi connectivity index (χ2n) is 8.79. The minimum absolute atomic E-state index is 0.116. The second-order valence-corrected chi connectivity index (χ2v) is 10.2. The van der Waals surface area contributed by atoms with Gasteiger partial charge in [-0.3, -0.25) is 19.4 Å². The van der Waals surface area contributed by atoms with E-state index >= 15 is 0 Å². The number of nitrogens with zero attached hydrogens (tertiary/aromatic N) is 4. The maximum absolute atomic E-state index is 13.7. The lowest BCUT2D eigenvalue weighted by atomic mass is 10.1. The van der Waals surface area contributed by atoms with Gasteiger partial charge in [0.25, 0.3) is 0 Å². The number of ether oxygens (including phenoxy) is 1. The predicted octanol–water partition coefficient (Wildman–Crippen LogP) is 4.20. The smallest absolute Gasteiger partial charge is 0.234 e. The summed E-state index contributed by atoms with van der Waals surface area (Å²) in [5.41, 5.74) is 1.39. The van der Waals surface area contributed by atoms with E-state index in [1.165, 1.54) is 23.5 Å². The number of carbonyl (C=O) groups is 2. The first-order valence-electron chi connectivity index (χ1n) is 11.7. The molecule has 1 unspecified atom stereocenters. The lowest BCUT2D eigenvalue weighted by Gasteiger charge is -2.28. The van der Waals surface area contributed by atoms with Crippen molar-refractivity contribution in [2.45, 2.75) is 12.8 Å². The fourth-order valence-electron chi connectivity index (χ4n) is 4.54. The number of benzene rings is 2. The quantitative estimate of drug-likeness (QED) is 0.471. The molecule has 0 N–H and O–H groups in total. The van der Waals surface area contributed by atoms with Crippen molar-refractivity contribution in [3.8, 4) is 0 Å². The molecular formula is C25H26ClFN4O3S. The Bertz CT molecular complexity index is 1220. The fraction of sp³-hybridized carbons (Fsp3) is 0.400. The number of fused-ring (bicyclic) bond motifs is 1. The Morgan fingerprint density at radius 3 is 2.74 bits per heavy atom. The summed E-state index contributed by atoms with van der Waals surface area (Å²) in [5, 5.41) is 1.23. The molecule has 2 aromatic carbocycles. The maximum Gasteiger partial charge on any atom is 0.234 e. The molecule has 0 bridgehead atoms. The van der Waals surface area contributed by atoms with Gasteiger partial charge in [0.15, 0.2) is 5.13 Å². The van der Waals surface area contributed by atoms with Crippen LogP contribution in [0.25, 0.3) is 10.2 Å². The second kappa shape index (κ2) is 10.6. The lowest BCUT2D eigenvalue weighted by molar-refractivity contribution is -0.124. The molecule has 3 aromatic rings. The SMILES string of the molecule is O=C1CC(C(=O)N(CCCN2CCOCC2)c2nc3ccc(Cl)cc3s2)CN1c1ccc(F)cc1. The highest BCUT2D eigenvalue weighted by molar-refractivity contribution is 7.22. The zero-order valence-electron chi connectivity index (χ0n) is 19.2. The van der Waals surface area contributed by atoms with Gasteiger partial charge in [-0.1, -0.05) is 22.9 Å². The maximum atomic E-state index is 13.7. The van der Waals surface area contributed by atoms with Crippen LogP contribution >= 0.6 is 22.9 Å². The van der Waals surface area contributed by atoms with E-state index in [-0.39, 0.29) is 30.6 Å². The first-order valence-corrected chi connectivity index (χ1v) is 12.9. The number of aromatic nitrogens is 1. The number of morpholine rings is 1. The molecule has 3 heterocycles. The van der Waals surface area contributed by atoms with E-state index < -0.39 is 5.92 Å². The van der Waals surface area contributed by atoms with E-state index in [1.54, 1.807) is 28.0 Å². The normalized spacial score (nSPS) is 19.0. The minimum Gasteiger partial charge on any atom is -0.379 e. The largest absolute Gasteiger partial charge is 0.379 e. The summed E-state index contributed by atoms with van der Waals surface area (Å²) >= 11 is 7.59. The third kappa shape index (κ3) is 5.48. The van der Waals surface area contributed by atoms with Crippen LogP contribution in [0.5, 0.6) is 0 Å².